The molecule has 9 heteroatoms. The first-order valence-corrected chi connectivity index (χ1v) is 9.56. The molecule has 0 bridgehead atoms. The van der Waals surface area contributed by atoms with Crippen LogP contribution in [0.25, 0.3) is 0 Å². The van der Waals surface area contributed by atoms with Gasteiger partial charge in [-0.2, -0.15) is 0 Å². The molecule has 136 valence electrons. The van der Waals surface area contributed by atoms with Crippen LogP contribution >= 0.6 is 12.4 Å². The average molecular weight is 385 g/mol. The van der Waals surface area contributed by atoms with Crippen LogP contribution in [0.2, 0.25) is 0 Å². The summed E-state index contributed by atoms with van der Waals surface area (Å²) in [6.07, 6.45) is 4.72. The zero-order valence-corrected chi connectivity index (χ0v) is 15.7. The number of carbonyl (C=O) groups excluding carboxylic acids is 1. The number of rotatable bonds is 3. The van der Waals surface area contributed by atoms with E-state index >= 15 is 0 Å². The van der Waals surface area contributed by atoms with Crippen molar-refractivity contribution in [3.63, 3.8) is 0 Å². The molecular formula is C16H21ClN4O3S. The molecule has 0 spiro atoms. The molecule has 2 heterocycles. The smallest absolute Gasteiger partial charge is 0.254 e. The average Bonchev–Trinajstić information content (AvgIpc) is 2.99. The fraction of sp³-hybridized carbons (Fsp3) is 0.375. The van der Waals surface area contributed by atoms with E-state index in [0.717, 1.165) is 12.1 Å². The Morgan fingerprint density at radius 3 is 2.52 bits per heavy atom. The van der Waals surface area contributed by atoms with Crippen molar-refractivity contribution in [3.8, 4) is 0 Å². The van der Waals surface area contributed by atoms with Gasteiger partial charge in [0.1, 0.15) is 11.9 Å². The SMILES string of the molecule is Cl.Cn1ccnc1C1CNCCN1C(=O)c1ccc(S(C)(=O)=O)cc1. The highest BCUT2D eigenvalue weighted by molar-refractivity contribution is 7.90. The molecule has 1 aromatic carbocycles. The highest BCUT2D eigenvalue weighted by atomic mass is 35.5. The zero-order chi connectivity index (χ0) is 17.3. The van der Waals surface area contributed by atoms with E-state index in [2.05, 4.69) is 10.3 Å². The van der Waals surface area contributed by atoms with Gasteiger partial charge in [-0.3, -0.25) is 4.79 Å². The third-order valence-corrected chi connectivity index (χ3v) is 5.32. The van der Waals surface area contributed by atoms with E-state index in [-0.39, 0.29) is 29.3 Å². The van der Waals surface area contributed by atoms with Crippen molar-refractivity contribution >= 4 is 28.2 Å². The number of benzene rings is 1. The molecule has 25 heavy (non-hydrogen) atoms. The van der Waals surface area contributed by atoms with Crippen molar-refractivity contribution in [2.45, 2.75) is 10.9 Å². The topological polar surface area (TPSA) is 84.3 Å². The lowest BCUT2D eigenvalue weighted by molar-refractivity contribution is 0.0621. The number of nitrogens with one attached hydrogen (secondary N) is 1. The second-order valence-corrected chi connectivity index (χ2v) is 7.93. The van der Waals surface area contributed by atoms with E-state index in [1.54, 1.807) is 23.2 Å². The fourth-order valence-corrected chi connectivity index (χ4v) is 3.52. The molecule has 1 fully saturated rings. The number of halogens is 1. The van der Waals surface area contributed by atoms with Gasteiger partial charge in [0.15, 0.2) is 9.84 Å². The van der Waals surface area contributed by atoms with Crippen molar-refractivity contribution in [1.82, 2.24) is 19.8 Å². The highest BCUT2D eigenvalue weighted by Gasteiger charge is 2.31. The molecule has 1 aliphatic rings. The van der Waals surface area contributed by atoms with Crippen molar-refractivity contribution in [1.29, 1.82) is 0 Å². The van der Waals surface area contributed by atoms with Gasteiger partial charge in [-0.25, -0.2) is 13.4 Å². The molecule has 3 rings (SSSR count). The highest BCUT2D eigenvalue weighted by Crippen LogP contribution is 2.23. The molecule has 1 N–H and O–H groups in total. The van der Waals surface area contributed by atoms with Gasteiger partial charge in [-0.05, 0) is 24.3 Å². The Kier molecular flexibility index (Phi) is 5.87. The van der Waals surface area contributed by atoms with Gasteiger partial charge < -0.3 is 14.8 Å². The van der Waals surface area contributed by atoms with Crippen LogP contribution in [0.3, 0.4) is 0 Å². The molecule has 0 saturated carbocycles. The number of aromatic nitrogens is 2. The predicted molar refractivity (Wildman–Crippen MR) is 96.7 cm³/mol. The third kappa shape index (κ3) is 4.02. The van der Waals surface area contributed by atoms with Crippen molar-refractivity contribution < 1.29 is 13.2 Å². The summed E-state index contributed by atoms with van der Waals surface area (Å²) in [7, 11) is -1.37. The summed E-state index contributed by atoms with van der Waals surface area (Å²) in [5, 5.41) is 3.29. The Bertz CT molecular complexity index is 849. The number of hydrogen-bond donors (Lipinski definition) is 1. The first kappa shape index (κ1) is 19.4. The molecule has 1 unspecified atom stereocenters. The Balaban J connectivity index is 0.00000225. The largest absolute Gasteiger partial charge is 0.336 e. The number of hydrogen-bond acceptors (Lipinski definition) is 5. The molecule has 1 amide bonds. The minimum atomic E-state index is -3.27. The van der Waals surface area contributed by atoms with Crippen LogP contribution in [0.4, 0.5) is 0 Å². The molecule has 1 atom stereocenters. The van der Waals surface area contributed by atoms with E-state index in [1.165, 1.54) is 12.1 Å². The lowest BCUT2D eigenvalue weighted by Crippen LogP contribution is -2.49. The summed E-state index contributed by atoms with van der Waals surface area (Å²) in [5.41, 5.74) is 0.475. The van der Waals surface area contributed by atoms with Gasteiger partial charge >= 0.3 is 0 Å². The minimum Gasteiger partial charge on any atom is -0.336 e. The van der Waals surface area contributed by atoms with E-state index in [4.69, 9.17) is 0 Å². The normalized spacial score (nSPS) is 17.8. The number of piperazine rings is 1. The van der Waals surface area contributed by atoms with E-state index in [9.17, 15) is 13.2 Å². The second kappa shape index (κ2) is 7.55. The second-order valence-electron chi connectivity index (χ2n) is 5.91. The molecule has 1 aliphatic heterocycles. The van der Waals surface area contributed by atoms with Gasteiger partial charge in [0.05, 0.1) is 4.90 Å². The summed E-state index contributed by atoms with van der Waals surface area (Å²) < 4.78 is 25.0. The molecule has 1 aromatic heterocycles. The van der Waals surface area contributed by atoms with Crippen molar-refractivity contribution in [3.05, 3.63) is 48.0 Å². The molecule has 0 radical (unpaired) electrons. The molecule has 2 aromatic rings. The van der Waals surface area contributed by atoms with Crippen molar-refractivity contribution in [2.24, 2.45) is 7.05 Å². The van der Waals surface area contributed by atoms with Crippen LogP contribution in [-0.4, -0.2) is 54.7 Å². The van der Waals surface area contributed by atoms with Crippen LogP contribution in [0, 0.1) is 0 Å². The van der Waals surface area contributed by atoms with Crippen LogP contribution in [0.15, 0.2) is 41.6 Å². The van der Waals surface area contributed by atoms with Crippen LogP contribution in [0.1, 0.15) is 22.2 Å². The lowest BCUT2D eigenvalue weighted by Gasteiger charge is -2.35. The number of amides is 1. The van der Waals surface area contributed by atoms with Gasteiger partial charge in [0, 0.05) is 50.9 Å². The quantitative estimate of drug-likeness (QED) is 0.854. The fourth-order valence-electron chi connectivity index (χ4n) is 2.89. The van der Waals surface area contributed by atoms with E-state index in [0.29, 0.717) is 25.2 Å². The number of aryl methyl sites for hydroxylation is 1. The maximum atomic E-state index is 12.9. The summed E-state index contributed by atoms with van der Waals surface area (Å²) in [5.74, 6) is 0.702. The van der Waals surface area contributed by atoms with E-state index in [1.807, 2.05) is 17.8 Å². The molecule has 7 nitrogen and oxygen atoms in total. The number of carbonyl (C=O) groups is 1. The Morgan fingerprint density at radius 1 is 1.28 bits per heavy atom. The molecular weight excluding hydrogens is 364 g/mol. The van der Waals surface area contributed by atoms with Crippen LogP contribution in [0.5, 0.6) is 0 Å². The summed E-state index contributed by atoms with van der Waals surface area (Å²) >= 11 is 0. The molecule has 1 saturated heterocycles. The number of imidazole rings is 1. The summed E-state index contributed by atoms with van der Waals surface area (Å²) in [4.78, 5) is 19.2. The number of sulfone groups is 1. The lowest BCUT2D eigenvalue weighted by atomic mass is 10.1. The standard InChI is InChI=1S/C16H20N4O3S.ClH/c1-19-9-8-18-15(19)14-11-17-7-10-20(14)16(21)12-3-5-13(6-4-12)24(2,22)23;/h3-6,8-9,14,17H,7,10-11H2,1-2H3;1H. The van der Waals surface area contributed by atoms with Gasteiger partial charge in [-0.15, -0.1) is 12.4 Å². The van der Waals surface area contributed by atoms with Gasteiger partial charge in [0.25, 0.3) is 5.91 Å². The monoisotopic (exact) mass is 384 g/mol. The number of nitrogens with zero attached hydrogens (tertiary/aromatic N) is 3. The van der Waals surface area contributed by atoms with Crippen LogP contribution < -0.4 is 5.32 Å². The Hall–Kier alpha value is -1.90. The predicted octanol–water partition coefficient (Wildman–Crippen LogP) is 1.03. The van der Waals surface area contributed by atoms with Gasteiger partial charge in [-0.1, -0.05) is 0 Å². The maximum Gasteiger partial charge on any atom is 0.254 e. The summed E-state index contributed by atoms with van der Waals surface area (Å²) in [6.45, 7) is 1.93. The summed E-state index contributed by atoms with van der Waals surface area (Å²) in [6, 6.07) is 5.92. The van der Waals surface area contributed by atoms with Crippen molar-refractivity contribution in [2.75, 3.05) is 25.9 Å². The Morgan fingerprint density at radius 2 is 1.96 bits per heavy atom. The maximum absolute atomic E-state index is 12.9. The zero-order valence-electron chi connectivity index (χ0n) is 14.0. The third-order valence-electron chi connectivity index (χ3n) is 4.19. The Labute approximate surface area is 153 Å². The first-order valence-electron chi connectivity index (χ1n) is 7.67. The van der Waals surface area contributed by atoms with Gasteiger partial charge in [0.2, 0.25) is 0 Å². The minimum absolute atomic E-state index is 0. The molecule has 0 aliphatic carbocycles. The first-order chi connectivity index (χ1) is 11.4. The van der Waals surface area contributed by atoms with Crippen LogP contribution in [-0.2, 0) is 16.9 Å². The van der Waals surface area contributed by atoms with E-state index < -0.39 is 9.84 Å².